The van der Waals surface area contributed by atoms with Crippen molar-refractivity contribution in [3.05, 3.63) is 51.5 Å². The van der Waals surface area contributed by atoms with E-state index in [0.717, 1.165) is 27.8 Å². The fourth-order valence-corrected chi connectivity index (χ4v) is 2.45. The highest BCUT2D eigenvalue weighted by atomic mass is 79.9. The van der Waals surface area contributed by atoms with Crippen molar-refractivity contribution < 1.29 is 9.50 Å². The Morgan fingerprint density at radius 2 is 2.16 bits per heavy atom. The number of halogens is 2. The van der Waals surface area contributed by atoms with Gasteiger partial charge in [0.25, 0.3) is 0 Å². The van der Waals surface area contributed by atoms with E-state index in [0.29, 0.717) is 6.42 Å². The Morgan fingerprint density at radius 3 is 2.79 bits per heavy atom. The lowest BCUT2D eigenvalue weighted by Crippen LogP contribution is -2.08. The number of aliphatic hydroxyl groups excluding tert-OH is 1. The number of hydrogen-bond donors (Lipinski definition) is 1. The normalized spacial score (nSPS) is 12.7. The molecule has 0 saturated heterocycles. The van der Waals surface area contributed by atoms with Gasteiger partial charge < -0.3 is 5.11 Å². The van der Waals surface area contributed by atoms with Crippen LogP contribution in [0.2, 0.25) is 0 Å². The molecule has 19 heavy (non-hydrogen) atoms. The van der Waals surface area contributed by atoms with E-state index in [4.69, 9.17) is 0 Å². The van der Waals surface area contributed by atoms with E-state index in [1.165, 1.54) is 12.1 Å². The van der Waals surface area contributed by atoms with E-state index in [1.54, 1.807) is 17.8 Å². The minimum atomic E-state index is -0.698. The molecule has 5 heteroatoms. The molecule has 1 aromatic heterocycles. The van der Waals surface area contributed by atoms with Gasteiger partial charge >= 0.3 is 0 Å². The van der Waals surface area contributed by atoms with E-state index in [1.807, 2.05) is 13.0 Å². The van der Waals surface area contributed by atoms with E-state index in [9.17, 15) is 9.50 Å². The monoisotopic (exact) mass is 326 g/mol. The second-order valence-corrected chi connectivity index (χ2v) is 5.35. The van der Waals surface area contributed by atoms with Crippen molar-refractivity contribution in [3.63, 3.8) is 0 Å². The Hall–Kier alpha value is -1.20. The van der Waals surface area contributed by atoms with Gasteiger partial charge in [-0.1, -0.05) is 22.9 Å². The first-order valence-electron chi connectivity index (χ1n) is 6.16. The van der Waals surface area contributed by atoms with Gasteiger partial charge in [-0.2, -0.15) is 5.10 Å². The van der Waals surface area contributed by atoms with Crippen molar-refractivity contribution in [2.45, 2.75) is 25.9 Å². The van der Waals surface area contributed by atoms with Crippen LogP contribution in [-0.4, -0.2) is 14.9 Å². The van der Waals surface area contributed by atoms with Crippen molar-refractivity contribution in [2.75, 3.05) is 0 Å². The number of hydrogen-bond acceptors (Lipinski definition) is 2. The van der Waals surface area contributed by atoms with Crippen molar-refractivity contribution in [1.82, 2.24) is 9.78 Å². The van der Waals surface area contributed by atoms with Crippen LogP contribution < -0.4 is 0 Å². The minimum absolute atomic E-state index is 0.301. The van der Waals surface area contributed by atoms with Crippen LogP contribution in [0.3, 0.4) is 0 Å². The molecule has 0 spiro atoms. The molecule has 0 bridgehead atoms. The Bertz CT molecular complexity index is 583. The van der Waals surface area contributed by atoms with Crippen LogP contribution >= 0.6 is 15.9 Å². The van der Waals surface area contributed by atoms with Gasteiger partial charge in [-0.3, -0.25) is 4.68 Å². The van der Waals surface area contributed by atoms with Gasteiger partial charge in [0.2, 0.25) is 0 Å². The summed E-state index contributed by atoms with van der Waals surface area (Å²) in [6.07, 6.45) is 0.474. The quantitative estimate of drug-likeness (QED) is 0.937. The Balaban J connectivity index is 2.22. The van der Waals surface area contributed by atoms with Crippen LogP contribution in [-0.2, 0) is 19.9 Å². The van der Waals surface area contributed by atoms with E-state index in [-0.39, 0.29) is 5.82 Å². The summed E-state index contributed by atoms with van der Waals surface area (Å²) in [4.78, 5) is 0. The number of benzene rings is 1. The molecule has 2 aromatic rings. The van der Waals surface area contributed by atoms with Gasteiger partial charge in [0.15, 0.2) is 0 Å². The van der Waals surface area contributed by atoms with Gasteiger partial charge in [-0.05, 0) is 36.2 Å². The molecule has 0 aliphatic rings. The smallest absolute Gasteiger partial charge is 0.123 e. The molecule has 0 fully saturated rings. The zero-order chi connectivity index (χ0) is 14.0. The molecule has 1 aromatic carbocycles. The molecule has 2 rings (SSSR count). The predicted octanol–water partition coefficient (Wildman–Crippen LogP) is 3.16. The molecular weight excluding hydrogens is 311 g/mol. The van der Waals surface area contributed by atoms with Crippen LogP contribution in [0.4, 0.5) is 4.39 Å². The average molecular weight is 327 g/mol. The second-order valence-electron chi connectivity index (χ2n) is 4.49. The fraction of sp³-hybridized carbons (Fsp3) is 0.357. The molecule has 1 unspecified atom stereocenters. The molecule has 3 nitrogen and oxygen atoms in total. The Morgan fingerprint density at radius 1 is 1.42 bits per heavy atom. The number of aryl methyl sites for hydroxylation is 2. The van der Waals surface area contributed by atoms with Gasteiger partial charge in [-0.15, -0.1) is 0 Å². The van der Waals surface area contributed by atoms with Gasteiger partial charge in [0.1, 0.15) is 5.82 Å². The summed E-state index contributed by atoms with van der Waals surface area (Å²) in [5.41, 5.74) is 2.43. The minimum Gasteiger partial charge on any atom is -0.386 e. The van der Waals surface area contributed by atoms with Crippen LogP contribution in [0.15, 0.2) is 28.7 Å². The molecule has 1 atom stereocenters. The van der Waals surface area contributed by atoms with Crippen molar-refractivity contribution in [2.24, 2.45) is 7.05 Å². The molecule has 0 saturated carbocycles. The summed E-state index contributed by atoms with van der Waals surface area (Å²) >= 11 is 3.37. The summed E-state index contributed by atoms with van der Waals surface area (Å²) in [6, 6.07) is 6.36. The first-order chi connectivity index (χ1) is 9.01. The standard InChI is InChI=1S/C14H16BrFN2O/c1-3-11-8-13(18(2)17-11)14(19)7-9-6-10(16)4-5-12(9)15/h4-6,8,14,19H,3,7H2,1-2H3. The zero-order valence-electron chi connectivity index (χ0n) is 10.9. The lowest BCUT2D eigenvalue weighted by Gasteiger charge is -2.12. The molecule has 102 valence electrons. The third-order valence-corrected chi connectivity index (χ3v) is 3.86. The highest BCUT2D eigenvalue weighted by molar-refractivity contribution is 9.10. The highest BCUT2D eigenvalue weighted by Crippen LogP contribution is 2.25. The van der Waals surface area contributed by atoms with Gasteiger partial charge in [0.05, 0.1) is 17.5 Å². The summed E-state index contributed by atoms with van der Waals surface area (Å²) in [5, 5.41) is 14.6. The molecule has 0 aliphatic heterocycles. The third-order valence-electron chi connectivity index (χ3n) is 3.09. The summed E-state index contributed by atoms with van der Waals surface area (Å²) < 4.78 is 15.7. The molecule has 1 heterocycles. The first-order valence-corrected chi connectivity index (χ1v) is 6.95. The number of rotatable bonds is 4. The lowest BCUT2D eigenvalue weighted by atomic mass is 10.1. The highest BCUT2D eigenvalue weighted by Gasteiger charge is 2.16. The average Bonchev–Trinajstić information content (AvgIpc) is 2.75. The summed E-state index contributed by atoms with van der Waals surface area (Å²) in [5.74, 6) is -0.301. The SMILES string of the molecule is CCc1cc(C(O)Cc2cc(F)ccc2Br)n(C)n1. The zero-order valence-corrected chi connectivity index (χ0v) is 12.5. The van der Waals surface area contributed by atoms with Crippen LogP contribution in [0, 0.1) is 5.82 Å². The summed E-state index contributed by atoms with van der Waals surface area (Å²) in [6.45, 7) is 2.02. The van der Waals surface area contributed by atoms with Gasteiger partial charge in [-0.25, -0.2) is 4.39 Å². The Kier molecular flexibility index (Phi) is 4.37. The van der Waals surface area contributed by atoms with E-state index in [2.05, 4.69) is 21.0 Å². The topological polar surface area (TPSA) is 38.0 Å². The number of nitrogens with zero attached hydrogens (tertiary/aromatic N) is 2. The molecule has 0 aliphatic carbocycles. The predicted molar refractivity (Wildman–Crippen MR) is 75.3 cm³/mol. The van der Waals surface area contributed by atoms with E-state index < -0.39 is 6.10 Å². The van der Waals surface area contributed by atoms with Crippen LogP contribution in [0.5, 0.6) is 0 Å². The largest absolute Gasteiger partial charge is 0.386 e. The second kappa shape index (κ2) is 5.84. The van der Waals surface area contributed by atoms with E-state index >= 15 is 0 Å². The van der Waals surface area contributed by atoms with Crippen LogP contribution in [0.25, 0.3) is 0 Å². The first kappa shape index (κ1) is 14.2. The third kappa shape index (κ3) is 3.22. The number of aromatic nitrogens is 2. The fourth-order valence-electron chi connectivity index (χ4n) is 2.04. The lowest BCUT2D eigenvalue weighted by molar-refractivity contribution is 0.168. The van der Waals surface area contributed by atoms with Crippen molar-refractivity contribution in [3.8, 4) is 0 Å². The number of aliphatic hydroxyl groups is 1. The summed E-state index contributed by atoms with van der Waals surface area (Å²) in [7, 11) is 1.80. The maximum atomic E-state index is 13.2. The van der Waals surface area contributed by atoms with Crippen LogP contribution in [0.1, 0.15) is 30.0 Å². The molecule has 1 N–H and O–H groups in total. The molecular formula is C14H16BrFN2O. The van der Waals surface area contributed by atoms with Crippen molar-refractivity contribution in [1.29, 1.82) is 0 Å². The maximum absolute atomic E-state index is 13.2. The molecule has 0 radical (unpaired) electrons. The van der Waals surface area contributed by atoms with Crippen molar-refractivity contribution >= 4 is 15.9 Å². The molecule has 0 amide bonds. The van der Waals surface area contributed by atoms with Gasteiger partial charge in [0, 0.05) is 17.9 Å². The Labute approximate surface area is 120 Å². The maximum Gasteiger partial charge on any atom is 0.123 e.